The lowest BCUT2D eigenvalue weighted by Crippen LogP contribution is -2.24. The second kappa shape index (κ2) is 7.66. The first kappa shape index (κ1) is 14.4. The molecule has 1 rings (SSSR count). The zero-order chi connectivity index (χ0) is 13.4. The zero-order valence-electron chi connectivity index (χ0n) is 11.1. The molecular weight excluding hydrogens is 228 g/mol. The summed E-state index contributed by atoms with van der Waals surface area (Å²) in [5.74, 6) is -0.147. The van der Waals surface area contributed by atoms with E-state index >= 15 is 0 Å². The van der Waals surface area contributed by atoms with E-state index in [0.717, 1.165) is 25.1 Å². The Labute approximate surface area is 108 Å². The molecule has 100 valence electrons. The van der Waals surface area contributed by atoms with Crippen molar-refractivity contribution in [2.45, 2.75) is 32.7 Å². The predicted octanol–water partition coefficient (Wildman–Crippen LogP) is 1.37. The van der Waals surface area contributed by atoms with Crippen LogP contribution in [0.5, 0.6) is 0 Å². The summed E-state index contributed by atoms with van der Waals surface area (Å²) in [4.78, 5) is 15.6. The Morgan fingerprint density at radius 2 is 2.28 bits per heavy atom. The first-order valence-electron chi connectivity index (χ1n) is 6.41. The third-order valence-electron chi connectivity index (χ3n) is 2.70. The van der Waals surface area contributed by atoms with Crippen LogP contribution >= 0.6 is 0 Å². The Hall–Kier alpha value is -1.62. The molecule has 18 heavy (non-hydrogen) atoms. The minimum atomic E-state index is -0.147. The average molecular weight is 250 g/mol. The van der Waals surface area contributed by atoms with Gasteiger partial charge in [-0.1, -0.05) is 6.92 Å². The molecule has 1 heterocycles. The first-order valence-corrected chi connectivity index (χ1v) is 6.41. The van der Waals surface area contributed by atoms with E-state index in [1.165, 1.54) is 0 Å². The zero-order valence-corrected chi connectivity index (χ0v) is 11.1. The SMILES string of the molecule is CCNC(=O)c1cc(NCCC(N)CC)ccn1. The van der Waals surface area contributed by atoms with Crippen LogP contribution in [0.1, 0.15) is 37.2 Å². The van der Waals surface area contributed by atoms with Crippen LogP contribution in [0.25, 0.3) is 0 Å². The highest BCUT2D eigenvalue weighted by molar-refractivity contribution is 5.93. The number of hydrogen-bond donors (Lipinski definition) is 3. The van der Waals surface area contributed by atoms with E-state index in [4.69, 9.17) is 5.73 Å². The Morgan fingerprint density at radius 1 is 1.50 bits per heavy atom. The quantitative estimate of drug-likeness (QED) is 0.683. The molecule has 0 aromatic carbocycles. The van der Waals surface area contributed by atoms with Gasteiger partial charge in [-0.05, 0) is 31.9 Å². The number of amides is 1. The molecule has 1 atom stereocenters. The van der Waals surface area contributed by atoms with E-state index in [1.807, 2.05) is 13.0 Å². The Balaban J connectivity index is 2.51. The fourth-order valence-corrected chi connectivity index (χ4v) is 1.52. The van der Waals surface area contributed by atoms with Crippen molar-refractivity contribution in [1.82, 2.24) is 10.3 Å². The molecule has 0 bridgehead atoms. The topological polar surface area (TPSA) is 80.0 Å². The van der Waals surface area contributed by atoms with Gasteiger partial charge in [0.2, 0.25) is 0 Å². The summed E-state index contributed by atoms with van der Waals surface area (Å²) in [5, 5.41) is 5.97. The summed E-state index contributed by atoms with van der Waals surface area (Å²) in [7, 11) is 0. The van der Waals surface area contributed by atoms with Gasteiger partial charge in [-0.2, -0.15) is 0 Å². The molecule has 4 N–H and O–H groups in total. The van der Waals surface area contributed by atoms with Gasteiger partial charge >= 0.3 is 0 Å². The average Bonchev–Trinajstić information content (AvgIpc) is 2.39. The van der Waals surface area contributed by atoms with Crippen molar-refractivity contribution in [3.8, 4) is 0 Å². The summed E-state index contributed by atoms with van der Waals surface area (Å²) in [6.07, 6.45) is 3.52. The van der Waals surface area contributed by atoms with Crippen LogP contribution in [0.4, 0.5) is 5.69 Å². The van der Waals surface area contributed by atoms with Gasteiger partial charge in [0.1, 0.15) is 5.69 Å². The number of pyridine rings is 1. The van der Waals surface area contributed by atoms with Crippen molar-refractivity contribution in [2.75, 3.05) is 18.4 Å². The summed E-state index contributed by atoms with van der Waals surface area (Å²) in [6.45, 7) is 5.35. The van der Waals surface area contributed by atoms with Gasteiger partial charge in [0, 0.05) is 31.0 Å². The number of anilines is 1. The highest BCUT2D eigenvalue weighted by Gasteiger charge is 2.06. The predicted molar refractivity (Wildman–Crippen MR) is 73.6 cm³/mol. The van der Waals surface area contributed by atoms with Crippen LogP contribution in [0.3, 0.4) is 0 Å². The van der Waals surface area contributed by atoms with Gasteiger partial charge in [0.15, 0.2) is 0 Å². The normalized spacial score (nSPS) is 11.9. The lowest BCUT2D eigenvalue weighted by molar-refractivity contribution is 0.0951. The van der Waals surface area contributed by atoms with E-state index in [0.29, 0.717) is 12.2 Å². The molecular formula is C13H22N4O. The third kappa shape index (κ3) is 4.71. The maximum Gasteiger partial charge on any atom is 0.269 e. The van der Waals surface area contributed by atoms with E-state index < -0.39 is 0 Å². The maximum atomic E-state index is 11.6. The van der Waals surface area contributed by atoms with Crippen LogP contribution in [0, 0.1) is 0 Å². The molecule has 1 aromatic rings. The molecule has 5 nitrogen and oxygen atoms in total. The number of aromatic nitrogens is 1. The van der Waals surface area contributed by atoms with E-state index in [9.17, 15) is 4.79 Å². The Kier molecular flexibility index (Phi) is 6.14. The summed E-state index contributed by atoms with van der Waals surface area (Å²) in [5.41, 5.74) is 7.17. The van der Waals surface area contributed by atoms with Gasteiger partial charge in [0.05, 0.1) is 0 Å². The molecule has 0 saturated heterocycles. The van der Waals surface area contributed by atoms with Gasteiger partial charge in [-0.25, -0.2) is 0 Å². The fraction of sp³-hybridized carbons (Fsp3) is 0.538. The maximum absolute atomic E-state index is 11.6. The highest BCUT2D eigenvalue weighted by Crippen LogP contribution is 2.08. The summed E-state index contributed by atoms with van der Waals surface area (Å²) >= 11 is 0. The number of carbonyl (C=O) groups is 1. The Bertz CT molecular complexity index is 381. The number of nitrogens with two attached hydrogens (primary N) is 1. The standard InChI is InChI=1S/C13H22N4O/c1-3-10(14)5-7-16-11-6-8-17-12(9-11)13(18)15-4-2/h6,8-10H,3-5,7,14H2,1-2H3,(H,15,18)(H,16,17). The van der Waals surface area contributed by atoms with Gasteiger partial charge in [0.25, 0.3) is 5.91 Å². The first-order chi connectivity index (χ1) is 8.67. The van der Waals surface area contributed by atoms with Crippen molar-refractivity contribution in [1.29, 1.82) is 0 Å². The summed E-state index contributed by atoms with van der Waals surface area (Å²) in [6, 6.07) is 3.82. The van der Waals surface area contributed by atoms with E-state index in [-0.39, 0.29) is 11.9 Å². The number of carbonyl (C=O) groups excluding carboxylic acids is 1. The molecule has 0 saturated carbocycles. The molecule has 0 aliphatic rings. The van der Waals surface area contributed by atoms with Gasteiger partial charge in [-0.3, -0.25) is 9.78 Å². The van der Waals surface area contributed by atoms with Crippen molar-refractivity contribution < 1.29 is 4.79 Å². The number of rotatable bonds is 7. The minimum Gasteiger partial charge on any atom is -0.385 e. The van der Waals surface area contributed by atoms with Crippen LogP contribution in [-0.2, 0) is 0 Å². The lowest BCUT2D eigenvalue weighted by atomic mass is 10.2. The van der Waals surface area contributed by atoms with Crippen molar-refractivity contribution in [3.63, 3.8) is 0 Å². The molecule has 5 heteroatoms. The molecule has 0 aliphatic carbocycles. The fourth-order valence-electron chi connectivity index (χ4n) is 1.52. The number of hydrogen-bond acceptors (Lipinski definition) is 4. The molecule has 0 fully saturated rings. The Morgan fingerprint density at radius 3 is 2.94 bits per heavy atom. The van der Waals surface area contributed by atoms with E-state index in [1.54, 1.807) is 12.3 Å². The van der Waals surface area contributed by atoms with Crippen molar-refractivity contribution in [3.05, 3.63) is 24.0 Å². The molecule has 1 aromatic heterocycles. The monoisotopic (exact) mass is 250 g/mol. The second-order valence-electron chi connectivity index (χ2n) is 4.17. The molecule has 1 amide bonds. The van der Waals surface area contributed by atoms with Crippen LogP contribution < -0.4 is 16.4 Å². The largest absolute Gasteiger partial charge is 0.385 e. The molecule has 1 unspecified atom stereocenters. The number of nitrogens with zero attached hydrogens (tertiary/aromatic N) is 1. The van der Waals surface area contributed by atoms with E-state index in [2.05, 4.69) is 22.5 Å². The molecule has 0 radical (unpaired) electrons. The second-order valence-corrected chi connectivity index (χ2v) is 4.17. The van der Waals surface area contributed by atoms with Crippen LogP contribution in [0.2, 0.25) is 0 Å². The lowest BCUT2D eigenvalue weighted by Gasteiger charge is -2.11. The smallest absolute Gasteiger partial charge is 0.269 e. The molecule has 0 spiro atoms. The van der Waals surface area contributed by atoms with Crippen LogP contribution in [0.15, 0.2) is 18.3 Å². The summed E-state index contributed by atoms with van der Waals surface area (Å²) < 4.78 is 0. The highest BCUT2D eigenvalue weighted by atomic mass is 16.1. The number of nitrogens with one attached hydrogen (secondary N) is 2. The molecule has 0 aliphatic heterocycles. The van der Waals surface area contributed by atoms with Crippen LogP contribution in [-0.4, -0.2) is 30.0 Å². The van der Waals surface area contributed by atoms with Gasteiger partial charge in [-0.15, -0.1) is 0 Å². The van der Waals surface area contributed by atoms with Crippen molar-refractivity contribution in [2.24, 2.45) is 5.73 Å². The van der Waals surface area contributed by atoms with Gasteiger partial charge < -0.3 is 16.4 Å². The van der Waals surface area contributed by atoms with Crippen molar-refractivity contribution >= 4 is 11.6 Å². The minimum absolute atomic E-state index is 0.147. The third-order valence-corrected chi connectivity index (χ3v) is 2.70.